The molecule has 1 aromatic rings. The van der Waals surface area contributed by atoms with Gasteiger partial charge in [0, 0.05) is 19.6 Å². The van der Waals surface area contributed by atoms with E-state index in [4.69, 9.17) is 11.6 Å². The third-order valence-corrected chi connectivity index (χ3v) is 6.20. The Bertz CT molecular complexity index is 763. The summed E-state index contributed by atoms with van der Waals surface area (Å²) in [6, 6.07) is 3.37. The summed E-state index contributed by atoms with van der Waals surface area (Å²) in [4.78, 5) is 12.1. The number of hydrogen-bond acceptors (Lipinski definition) is 3. The molecule has 26 heavy (non-hydrogen) atoms. The van der Waals surface area contributed by atoms with Gasteiger partial charge in [0.05, 0.1) is 10.6 Å². The quantitative estimate of drug-likeness (QED) is 0.751. The second-order valence-electron chi connectivity index (χ2n) is 6.05. The zero-order chi connectivity index (χ0) is 19.5. The number of halogens is 5. The molecule has 0 unspecified atom stereocenters. The van der Waals surface area contributed by atoms with Gasteiger partial charge in [-0.1, -0.05) is 11.6 Å². The number of alkyl halides is 3. The normalized spacial score (nSPS) is 17.3. The van der Waals surface area contributed by atoms with Gasteiger partial charge in [0.2, 0.25) is 10.0 Å². The Morgan fingerprint density at radius 1 is 1.27 bits per heavy atom. The van der Waals surface area contributed by atoms with Crippen molar-refractivity contribution in [3.8, 4) is 0 Å². The van der Waals surface area contributed by atoms with Crippen LogP contribution in [0.5, 0.6) is 0 Å². The molecule has 5 nitrogen and oxygen atoms in total. The van der Waals surface area contributed by atoms with Gasteiger partial charge in [0.25, 0.3) is 5.91 Å². The van der Waals surface area contributed by atoms with Gasteiger partial charge in [-0.25, -0.2) is 17.1 Å². The van der Waals surface area contributed by atoms with E-state index in [1.54, 1.807) is 0 Å². The Hall–Kier alpha value is -1.39. The maximum atomic E-state index is 13.0. The number of carbonyl (C=O) groups excluding carboxylic acids is 1. The molecule has 1 saturated heterocycles. The standard InChI is InChI=1S/C15H17ClF4N2O3S/c16-13-7-11(17)1-2-12(13)14(23)21-8-10-3-5-22(6-4-10)26(24,25)9-15(18,19)20/h1-2,7,10H,3-6,8-9H2,(H,21,23). The van der Waals surface area contributed by atoms with Gasteiger partial charge in [-0.2, -0.15) is 13.2 Å². The zero-order valence-electron chi connectivity index (χ0n) is 13.5. The van der Waals surface area contributed by atoms with Crippen molar-refractivity contribution in [2.24, 2.45) is 5.92 Å². The first kappa shape index (κ1) is 20.9. The maximum absolute atomic E-state index is 13.0. The van der Waals surface area contributed by atoms with E-state index in [9.17, 15) is 30.8 Å². The monoisotopic (exact) mass is 416 g/mol. The molecule has 1 aliphatic heterocycles. The molecule has 2 rings (SSSR count). The van der Waals surface area contributed by atoms with E-state index < -0.39 is 33.7 Å². The molecule has 11 heteroatoms. The molecule has 0 aromatic heterocycles. The number of nitrogens with zero attached hydrogens (tertiary/aromatic N) is 1. The van der Waals surface area contributed by atoms with Crippen molar-refractivity contribution in [2.75, 3.05) is 25.4 Å². The summed E-state index contributed by atoms with van der Waals surface area (Å²) in [5, 5.41) is 2.60. The van der Waals surface area contributed by atoms with E-state index in [1.165, 1.54) is 6.07 Å². The van der Waals surface area contributed by atoms with Crippen LogP contribution in [0.4, 0.5) is 17.6 Å². The van der Waals surface area contributed by atoms with Gasteiger partial charge in [-0.05, 0) is 37.0 Å². The van der Waals surface area contributed by atoms with Crippen LogP contribution >= 0.6 is 11.6 Å². The molecule has 1 fully saturated rings. The topological polar surface area (TPSA) is 66.5 Å². The van der Waals surface area contributed by atoms with Crippen LogP contribution in [0.15, 0.2) is 18.2 Å². The van der Waals surface area contributed by atoms with E-state index in [0.29, 0.717) is 12.8 Å². The summed E-state index contributed by atoms with van der Waals surface area (Å²) >= 11 is 5.80. The van der Waals surface area contributed by atoms with Crippen LogP contribution < -0.4 is 5.32 Å². The molecule has 1 aromatic carbocycles. The first-order valence-electron chi connectivity index (χ1n) is 7.76. The van der Waals surface area contributed by atoms with Gasteiger partial charge in [-0.15, -0.1) is 0 Å². The van der Waals surface area contributed by atoms with Crippen molar-refractivity contribution in [3.63, 3.8) is 0 Å². The summed E-state index contributed by atoms with van der Waals surface area (Å²) in [5.74, 6) is -3.01. The smallest absolute Gasteiger partial charge is 0.352 e. The lowest BCUT2D eigenvalue weighted by atomic mass is 9.98. The van der Waals surface area contributed by atoms with Crippen molar-refractivity contribution in [1.82, 2.24) is 9.62 Å². The van der Waals surface area contributed by atoms with Gasteiger partial charge < -0.3 is 5.32 Å². The van der Waals surface area contributed by atoms with Crippen molar-refractivity contribution in [1.29, 1.82) is 0 Å². The lowest BCUT2D eigenvalue weighted by Gasteiger charge is -2.31. The van der Waals surface area contributed by atoms with Gasteiger partial charge in [0.15, 0.2) is 5.75 Å². The minimum absolute atomic E-state index is 0.0315. The van der Waals surface area contributed by atoms with Crippen molar-refractivity contribution in [3.05, 3.63) is 34.6 Å². The maximum Gasteiger partial charge on any atom is 0.404 e. The molecule has 1 N–H and O–H groups in total. The van der Waals surface area contributed by atoms with Gasteiger partial charge >= 0.3 is 6.18 Å². The van der Waals surface area contributed by atoms with E-state index in [-0.39, 0.29) is 36.1 Å². The summed E-state index contributed by atoms with van der Waals surface area (Å²) in [7, 11) is -4.38. The fraction of sp³-hybridized carbons (Fsp3) is 0.533. The first-order chi connectivity index (χ1) is 12.0. The highest BCUT2D eigenvalue weighted by atomic mass is 35.5. The molecule has 0 radical (unpaired) electrons. The number of hydrogen-bond donors (Lipinski definition) is 1. The molecule has 0 saturated carbocycles. The third-order valence-electron chi connectivity index (χ3n) is 4.04. The van der Waals surface area contributed by atoms with E-state index >= 15 is 0 Å². The first-order valence-corrected chi connectivity index (χ1v) is 9.74. The molecule has 0 atom stereocenters. The van der Waals surface area contributed by atoms with Crippen LogP contribution in [-0.2, 0) is 10.0 Å². The van der Waals surface area contributed by atoms with Crippen LogP contribution in [0.1, 0.15) is 23.2 Å². The molecule has 0 spiro atoms. The van der Waals surface area contributed by atoms with Crippen molar-refractivity contribution < 1.29 is 30.8 Å². The highest BCUT2D eigenvalue weighted by Gasteiger charge is 2.39. The second-order valence-corrected chi connectivity index (χ2v) is 8.42. The summed E-state index contributed by atoms with van der Waals surface area (Å²) in [6.45, 7) is 0.159. The molecule has 0 bridgehead atoms. The molecular formula is C15H17ClF4N2O3S. The van der Waals surface area contributed by atoms with E-state index in [2.05, 4.69) is 5.32 Å². The van der Waals surface area contributed by atoms with Crippen LogP contribution in [0.2, 0.25) is 5.02 Å². The Balaban J connectivity index is 1.84. The molecule has 146 valence electrons. The Labute approximate surface area is 153 Å². The van der Waals surface area contributed by atoms with Crippen LogP contribution in [-0.4, -0.2) is 50.2 Å². The lowest BCUT2D eigenvalue weighted by Crippen LogP contribution is -2.44. The fourth-order valence-corrected chi connectivity index (χ4v) is 4.31. The highest BCUT2D eigenvalue weighted by Crippen LogP contribution is 2.24. The number of sulfonamides is 1. The van der Waals surface area contributed by atoms with E-state index in [0.717, 1.165) is 16.4 Å². The average molecular weight is 417 g/mol. The number of nitrogens with one attached hydrogen (secondary N) is 1. The zero-order valence-corrected chi connectivity index (χ0v) is 15.1. The average Bonchev–Trinajstić information content (AvgIpc) is 2.51. The predicted octanol–water partition coefficient (Wildman–Crippen LogP) is 2.81. The summed E-state index contributed by atoms with van der Waals surface area (Å²) < 4.78 is 74.2. The second kappa shape index (κ2) is 8.10. The minimum atomic E-state index is -4.78. The van der Waals surface area contributed by atoms with E-state index in [1.807, 2.05) is 0 Å². The molecule has 1 amide bonds. The molecule has 0 aliphatic carbocycles. The molecule has 1 aliphatic rings. The van der Waals surface area contributed by atoms with Crippen LogP contribution in [0.25, 0.3) is 0 Å². The SMILES string of the molecule is O=C(NCC1CCN(S(=O)(=O)CC(F)(F)F)CC1)c1ccc(F)cc1Cl. The molecular weight excluding hydrogens is 400 g/mol. The van der Waals surface area contributed by atoms with Crippen molar-refractivity contribution in [2.45, 2.75) is 19.0 Å². The van der Waals surface area contributed by atoms with Crippen LogP contribution in [0.3, 0.4) is 0 Å². The van der Waals surface area contributed by atoms with Crippen LogP contribution in [0, 0.1) is 11.7 Å². The summed E-state index contributed by atoms with van der Waals surface area (Å²) in [6.07, 6.45) is -4.12. The number of benzene rings is 1. The largest absolute Gasteiger partial charge is 0.404 e. The van der Waals surface area contributed by atoms with Crippen molar-refractivity contribution >= 4 is 27.5 Å². The third kappa shape index (κ3) is 5.82. The number of amides is 1. The number of piperidine rings is 1. The fourth-order valence-electron chi connectivity index (χ4n) is 2.70. The predicted molar refractivity (Wildman–Crippen MR) is 87.9 cm³/mol. The minimum Gasteiger partial charge on any atom is -0.352 e. The Kier molecular flexibility index (Phi) is 6.51. The Morgan fingerprint density at radius 2 is 1.88 bits per heavy atom. The molecule has 1 heterocycles. The van der Waals surface area contributed by atoms with Gasteiger partial charge in [0.1, 0.15) is 5.82 Å². The lowest BCUT2D eigenvalue weighted by molar-refractivity contribution is -0.107. The number of carbonyl (C=O) groups is 1. The van der Waals surface area contributed by atoms with Gasteiger partial charge in [-0.3, -0.25) is 4.79 Å². The number of rotatable bonds is 5. The summed E-state index contributed by atoms with van der Waals surface area (Å²) in [5.41, 5.74) is 0.109. The highest BCUT2D eigenvalue weighted by molar-refractivity contribution is 7.89. The Morgan fingerprint density at radius 3 is 2.42 bits per heavy atom.